The molecule has 0 saturated carbocycles. The lowest BCUT2D eigenvalue weighted by Gasteiger charge is -2.04. The Kier molecular flexibility index (Phi) is 2.83. The van der Waals surface area contributed by atoms with Gasteiger partial charge in [-0.25, -0.2) is 0 Å². The van der Waals surface area contributed by atoms with Crippen molar-refractivity contribution in [3.63, 3.8) is 0 Å². The molecular weight excluding hydrogens is 270 g/mol. The molecule has 4 heteroatoms. The standard InChI is InChI=1S/C12H10BrNO2/c1-7-2-3-10(14)8(6-7)11(15)12-9(13)4-5-16-12/h2-6H,14H2,1H3. The van der Waals surface area contributed by atoms with Gasteiger partial charge in [-0.2, -0.15) is 0 Å². The highest BCUT2D eigenvalue weighted by molar-refractivity contribution is 9.10. The fourth-order valence-corrected chi connectivity index (χ4v) is 1.83. The van der Waals surface area contributed by atoms with Crippen LogP contribution in [0.4, 0.5) is 5.69 Å². The van der Waals surface area contributed by atoms with Gasteiger partial charge < -0.3 is 10.2 Å². The Morgan fingerprint density at radius 2 is 2.12 bits per heavy atom. The fraction of sp³-hybridized carbons (Fsp3) is 0.0833. The lowest BCUT2D eigenvalue weighted by atomic mass is 10.0. The first kappa shape index (κ1) is 11.0. The summed E-state index contributed by atoms with van der Waals surface area (Å²) in [5.41, 5.74) is 7.68. The van der Waals surface area contributed by atoms with Gasteiger partial charge in [0.25, 0.3) is 0 Å². The summed E-state index contributed by atoms with van der Waals surface area (Å²) in [6.07, 6.45) is 1.46. The maximum atomic E-state index is 12.1. The van der Waals surface area contributed by atoms with E-state index in [1.54, 1.807) is 18.2 Å². The van der Waals surface area contributed by atoms with Crippen LogP contribution < -0.4 is 5.73 Å². The number of carbonyl (C=O) groups excluding carboxylic acids is 1. The van der Waals surface area contributed by atoms with E-state index in [4.69, 9.17) is 10.2 Å². The van der Waals surface area contributed by atoms with Crippen LogP contribution in [-0.2, 0) is 0 Å². The molecule has 0 radical (unpaired) electrons. The maximum Gasteiger partial charge on any atom is 0.231 e. The zero-order valence-electron chi connectivity index (χ0n) is 8.66. The molecule has 1 heterocycles. The smallest absolute Gasteiger partial charge is 0.231 e. The highest BCUT2D eigenvalue weighted by Gasteiger charge is 2.18. The minimum Gasteiger partial charge on any atom is -0.460 e. The maximum absolute atomic E-state index is 12.1. The van der Waals surface area contributed by atoms with Gasteiger partial charge >= 0.3 is 0 Å². The Labute approximate surface area is 101 Å². The third kappa shape index (κ3) is 1.88. The molecule has 0 bridgehead atoms. The molecule has 0 aliphatic heterocycles. The number of furan rings is 1. The molecule has 0 unspecified atom stereocenters. The van der Waals surface area contributed by atoms with Gasteiger partial charge in [-0.05, 0) is 41.1 Å². The predicted octanol–water partition coefficient (Wildman–Crippen LogP) is 3.16. The Morgan fingerprint density at radius 3 is 2.75 bits per heavy atom. The van der Waals surface area contributed by atoms with Crippen molar-refractivity contribution < 1.29 is 9.21 Å². The zero-order valence-corrected chi connectivity index (χ0v) is 10.2. The van der Waals surface area contributed by atoms with Gasteiger partial charge in [0.15, 0.2) is 5.76 Å². The second kappa shape index (κ2) is 4.14. The predicted molar refractivity (Wildman–Crippen MR) is 65.4 cm³/mol. The first-order valence-corrected chi connectivity index (χ1v) is 5.52. The zero-order chi connectivity index (χ0) is 11.7. The highest BCUT2D eigenvalue weighted by atomic mass is 79.9. The summed E-state index contributed by atoms with van der Waals surface area (Å²) in [4.78, 5) is 12.1. The summed E-state index contributed by atoms with van der Waals surface area (Å²) in [5, 5.41) is 0. The summed E-state index contributed by atoms with van der Waals surface area (Å²) < 4.78 is 5.76. The van der Waals surface area contributed by atoms with Crippen molar-refractivity contribution in [1.82, 2.24) is 0 Å². The van der Waals surface area contributed by atoms with Crippen molar-refractivity contribution in [1.29, 1.82) is 0 Å². The van der Waals surface area contributed by atoms with Gasteiger partial charge in [-0.15, -0.1) is 0 Å². The lowest BCUT2D eigenvalue weighted by molar-refractivity contribution is 0.101. The number of ketones is 1. The van der Waals surface area contributed by atoms with Crippen molar-refractivity contribution in [2.75, 3.05) is 5.73 Å². The number of nitrogens with two attached hydrogens (primary N) is 1. The fourth-order valence-electron chi connectivity index (χ4n) is 1.44. The van der Waals surface area contributed by atoms with E-state index in [0.717, 1.165) is 5.56 Å². The molecule has 2 aromatic rings. The SMILES string of the molecule is Cc1ccc(N)c(C(=O)c2occc2Br)c1. The molecule has 0 atom stereocenters. The van der Waals surface area contributed by atoms with Gasteiger partial charge in [0, 0.05) is 11.3 Å². The summed E-state index contributed by atoms with van der Waals surface area (Å²) in [5.74, 6) is 0.0652. The number of rotatable bonds is 2. The number of hydrogen-bond acceptors (Lipinski definition) is 3. The average molecular weight is 280 g/mol. The van der Waals surface area contributed by atoms with E-state index in [1.807, 2.05) is 13.0 Å². The Morgan fingerprint density at radius 1 is 1.38 bits per heavy atom. The quantitative estimate of drug-likeness (QED) is 0.679. The van der Waals surface area contributed by atoms with Crippen molar-refractivity contribution >= 4 is 27.4 Å². The molecule has 2 rings (SSSR count). The van der Waals surface area contributed by atoms with E-state index in [-0.39, 0.29) is 11.5 Å². The van der Waals surface area contributed by atoms with E-state index in [2.05, 4.69) is 15.9 Å². The third-order valence-electron chi connectivity index (χ3n) is 2.28. The molecule has 0 spiro atoms. The summed E-state index contributed by atoms with van der Waals surface area (Å²) in [6.45, 7) is 1.91. The van der Waals surface area contributed by atoms with E-state index >= 15 is 0 Å². The van der Waals surface area contributed by atoms with Crippen LogP contribution in [0.1, 0.15) is 21.7 Å². The van der Waals surface area contributed by atoms with Gasteiger partial charge in [-0.1, -0.05) is 11.6 Å². The Bertz CT molecular complexity index is 546. The van der Waals surface area contributed by atoms with Crippen molar-refractivity contribution in [3.8, 4) is 0 Å². The van der Waals surface area contributed by atoms with Crippen LogP contribution in [0, 0.1) is 6.92 Å². The normalized spacial score (nSPS) is 10.4. The van der Waals surface area contributed by atoms with Crippen molar-refractivity contribution in [2.24, 2.45) is 0 Å². The largest absolute Gasteiger partial charge is 0.460 e. The lowest BCUT2D eigenvalue weighted by Crippen LogP contribution is -2.05. The molecule has 0 fully saturated rings. The van der Waals surface area contributed by atoms with Gasteiger partial charge in [-0.3, -0.25) is 4.79 Å². The number of nitrogen functional groups attached to an aromatic ring is 1. The van der Waals surface area contributed by atoms with E-state index < -0.39 is 0 Å². The molecule has 1 aromatic carbocycles. The van der Waals surface area contributed by atoms with Gasteiger partial charge in [0.1, 0.15) is 0 Å². The van der Waals surface area contributed by atoms with E-state index in [9.17, 15) is 4.79 Å². The number of benzene rings is 1. The van der Waals surface area contributed by atoms with Crippen LogP contribution in [0.5, 0.6) is 0 Å². The topological polar surface area (TPSA) is 56.2 Å². The number of anilines is 1. The van der Waals surface area contributed by atoms with Gasteiger partial charge in [0.05, 0.1) is 10.7 Å². The van der Waals surface area contributed by atoms with Crippen LogP contribution in [0.3, 0.4) is 0 Å². The molecule has 0 aliphatic carbocycles. The monoisotopic (exact) mass is 279 g/mol. The minimum absolute atomic E-state index is 0.210. The molecular formula is C12H10BrNO2. The van der Waals surface area contributed by atoms with Crippen LogP contribution in [-0.4, -0.2) is 5.78 Å². The van der Waals surface area contributed by atoms with Crippen LogP contribution in [0.2, 0.25) is 0 Å². The molecule has 1 aromatic heterocycles. The molecule has 3 nitrogen and oxygen atoms in total. The second-order valence-electron chi connectivity index (χ2n) is 3.52. The first-order valence-electron chi connectivity index (χ1n) is 4.73. The molecule has 82 valence electrons. The molecule has 2 N–H and O–H groups in total. The molecule has 16 heavy (non-hydrogen) atoms. The van der Waals surface area contributed by atoms with Crippen molar-refractivity contribution in [2.45, 2.75) is 6.92 Å². The molecule has 0 amide bonds. The summed E-state index contributed by atoms with van der Waals surface area (Å²) >= 11 is 3.25. The Hall–Kier alpha value is -1.55. The van der Waals surface area contributed by atoms with Crippen LogP contribution in [0.25, 0.3) is 0 Å². The van der Waals surface area contributed by atoms with E-state index in [0.29, 0.717) is 15.7 Å². The number of halogens is 1. The number of carbonyl (C=O) groups is 1. The summed E-state index contributed by atoms with van der Waals surface area (Å²) in [6, 6.07) is 7.02. The van der Waals surface area contributed by atoms with Crippen LogP contribution in [0.15, 0.2) is 39.4 Å². The molecule has 0 aliphatic rings. The minimum atomic E-state index is -0.210. The highest BCUT2D eigenvalue weighted by Crippen LogP contribution is 2.24. The number of aryl methyl sites for hydroxylation is 1. The van der Waals surface area contributed by atoms with Crippen molar-refractivity contribution in [3.05, 3.63) is 51.9 Å². The third-order valence-corrected chi connectivity index (χ3v) is 2.90. The van der Waals surface area contributed by atoms with E-state index in [1.165, 1.54) is 6.26 Å². The van der Waals surface area contributed by atoms with Gasteiger partial charge in [0.2, 0.25) is 5.78 Å². The Balaban J connectivity index is 2.49. The average Bonchev–Trinajstić information content (AvgIpc) is 2.67. The first-order chi connectivity index (χ1) is 7.59. The molecule has 0 saturated heterocycles. The van der Waals surface area contributed by atoms with Crippen LogP contribution >= 0.6 is 15.9 Å². The summed E-state index contributed by atoms with van der Waals surface area (Å²) in [7, 11) is 0. The second-order valence-corrected chi connectivity index (χ2v) is 4.37. The number of hydrogen-bond donors (Lipinski definition) is 1.